The third-order valence-electron chi connectivity index (χ3n) is 3.75. The number of carbonyl (C=O) groups is 2. The van der Waals surface area contributed by atoms with E-state index in [-0.39, 0.29) is 17.3 Å². The van der Waals surface area contributed by atoms with Crippen molar-refractivity contribution in [3.8, 4) is 0 Å². The summed E-state index contributed by atoms with van der Waals surface area (Å²) in [6.45, 7) is 0. The molecule has 0 unspecified atom stereocenters. The fourth-order valence-corrected chi connectivity index (χ4v) is 3.13. The van der Waals surface area contributed by atoms with Gasteiger partial charge < -0.3 is 10.4 Å². The number of amides is 1. The topological polar surface area (TPSA) is 110 Å². The molecule has 1 saturated carbocycles. The Hall–Kier alpha value is -2.09. The summed E-state index contributed by atoms with van der Waals surface area (Å²) in [7, 11) is 0. The van der Waals surface area contributed by atoms with Crippen molar-refractivity contribution in [3.63, 3.8) is 0 Å². The number of thioether (sulfide) groups is 1. The zero-order chi connectivity index (χ0) is 16.3. The Balaban J connectivity index is 2.09. The first kappa shape index (κ1) is 16.3. The van der Waals surface area contributed by atoms with Crippen LogP contribution in [0.2, 0.25) is 0 Å². The molecule has 2 atom stereocenters. The molecule has 0 saturated heterocycles. The second-order valence-corrected chi connectivity index (χ2v) is 6.01. The predicted molar refractivity (Wildman–Crippen MR) is 81.1 cm³/mol. The van der Waals surface area contributed by atoms with Gasteiger partial charge in [-0.2, -0.15) is 0 Å². The summed E-state index contributed by atoms with van der Waals surface area (Å²) in [6.07, 6.45) is 3.26. The van der Waals surface area contributed by atoms with Crippen molar-refractivity contribution < 1.29 is 19.6 Å². The zero-order valence-corrected chi connectivity index (χ0v) is 12.8. The highest BCUT2D eigenvalue weighted by Crippen LogP contribution is 2.29. The Morgan fingerprint density at radius 1 is 1.41 bits per heavy atom. The number of nitro groups is 1. The van der Waals surface area contributed by atoms with Crippen LogP contribution in [0.25, 0.3) is 0 Å². The van der Waals surface area contributed by atoms with Crippen LogP contribution in [0, 0.1) is 16.0 Å². The number of nitrogens with one attached hydrogen (secondary N) is 1. The second-order valence-electron chi connectivity index (χ2n) is 5.16. The number of carboxylic acids is 1. The fraction of sp³-hybridized carbons (Fsp3) is 0.429. The molecule has 0 aromatic heterocycles. The summed E-state index contributed by atoms with van der Waals surface area (Å²) in [4.78, 5) is 34.1. The Labute approximate surface area is 131 Å². The average Bonchev–Trinajstić information content (AvgIpc) is 2.95. The van der Waals surface area contributed by atoms with E-state index in [9.17, 15) is 19.7 Å². The number of carboxylic acid groups (broad SMARTS) is 1. The molecule has 22 heavy (non-hydrogen) atoms. The Morgan fingerprint density at radius 3 is 2.68 bits per heavy atom. The van der Waals surface area contributed by atoms with Crippen molar-refractivity contribution >= 4 is 29.3 Å². The quantitative estimate of drug-likeness (QED) is 0.488. The van der Waals surface area contributed by atoms with Crippen molar-refractivity contribution in [2.24, 2.45) is 5.92 Å². The van der Waals surface area contributed by atoms with Gasteiger partial charge in [0.15, 0.2) is 0 Å². The van der Waals surface area contributed by atoms with Gasteiger partial charge in [0.1, 0.15) is 0 Å². The molecule has 1 amide bonds. The smallest absolute Gasteiger partial charge is 0.306 e. The van der Waals surface area contributed by atoms with Crippen molar-refractivity contribution in [2.75, 3.05) is 6.26 Å². The van der Waals surface area contributed by atoms with E-state index >= 15 is 0 Å². The first-order valence-electron chi connectivity index (χ1n) is 6.78. The molecule has 0 heterocycles. The normalized spacial score (nSPS) is 20.6. The van der Waals surface area contributed by atoms with E-state index in [2.05, 4.69) is 5.32 Å². The molecule has 0 spiro atoms. The minimum absolute atomic E-state index is 0.102. The number of nitrogens with zero attached hydrogens (tertiary/aromatic N) is 1. The molecular weight excluding hydrogens is 308 g/mol. The lowest BCUT2D eigenvalue weighted by atomic mass is 10.1. The Kier molecular flexibility index (Phi) is 5.02. The highest BCUT2D eigenvalue weighted by Gasteiger charge is 2.31. The number of hydrogen-bond donors (Lipinski definition) is 2. The van der Waals surface area contributed by atoms with Crippen LogP contribution in [-0.4, -0.2) is 34.2 Å². The zero-order valence-electron chi connectivity index (χ0n) is 11.9. The molecule has 1 aliphatic carbocycles. The third kappa shape index (κ3) is 3.56. The summed E-state index contributed by atoms with van der Waals surface area (Å²) >= 11 is 1.24. The minimum atomic E-state index is -0.850. The predicted octanol–water partition coefficient (Wildman–Crippen LogP) is 2.30. The lowest BCUT2D eigenvalue weighted by Gasteiger charge is -2.12. The first-order chi connectivity index (χ1) is 10.4. The number of hydrogen-bond acceptors (Lipinski definition) is 5. The summed E-state index contributed by atoms with van der Waals surface area (Å²) in [5, 5.41) is 22.7. The van der Waals surface area contributed by atoms with Crippen LogP contribution in [-0.2, 0) is 4.79 Å². The molecule has 0 bridgehead atoms. The van der Waals surface area contributed by atoms with E-state index in [1.165, 1.54) is 23.9 Å². The van der Waals surface area contributed by atoms with Crippen molar-refractivity contribution in [3.05, 3.63) is 33.9 Å². The van der Waals surface area contributed by atoms with Gasteiger partial charge >= 0.3 is 5.97 Å². The number of aliphatic carboxylic acids is 1. The highest BCUT2D eigenvalue weighted by atomic mass is 32.2. The fourth-order valence-electron chi connectivity index (χ4n) is 2.58. The molecular formula is C14H16N2O5S. The van der Waals surface area contributed by atoms with Gasteiger partial charge in [0.2, 0.25) is 0 Å². The molecule has 1 aromatic carbocycles. The van der Waals surface area contributed by atoms with E-state index in [1.807, 2.05) is 0 Å². The van der Waals surface area contributed by atoms with Gasteiger partial charge in [-0.1, -0.05) is 0 Å². The van der Waals surface area contributed by atoms with Crippen LogP contribution in [0.4, 0.5) is 5.69 Å². The largest absolute Gasteiger partial charge is 0.481 e. The number of rotatable bonds is 5. The molecule has 8 heteroatoms. The van der Waals surface area contributed by atoms with E-state index in [0.29, 0.717) is 24.2 Å². The van der Waals surface area contributed by atoms with E-state index < -0.39 is 22.7 Å². The molecule has 118 valence electrons. The minimum Gasteiger partial charge on any atom is -0.481 e. The van der Waals surface area contributed by atoms with Crippen LogP contribution in [0.15, 0.2) is 23.1 Å². The molecule has 1 aromatic rings. The first-order valence-corrected chi connectivity index (χ1v) is 8.01. The van der Waals surface area contributed by atoms with Crippen LogP contribution in [0.1, 0.15) is 29.6 Å². The second kappa shape index (κ2) is 6.78. The maximum absolute atomic E-state index is 12.2. The Morgan fingerprint density at radius 2 is 2.14 bits per heavy atom. The van der Waals surface area contributed by atoms with Gasteiger partial charge in [0.05, 0.1) is 15.7 Å². The summed E-state index contributed by atoms with van der Waals surface area (Å²) in [6, 6.07) is 4.14. The standard InChI is InChI=1S/C14H16N2O5S/c1-22-12-5-3-8(7-11(12)16(20)21)13(17)15-10-4-2-9(6-10)14(18)19/h3,5,7,9-10H,2,4,6H2,1H3,(H,15,17)(H,18,19)/t9-,10+/m0/s1. The van der Waals surface area contributed by atoms with Gasteiger partial charge in [-0.25, -0.2) is 0 Å². The van der Waals surface area contributed by atoms with Gasteiger partial charge in [-0.3, -0.25) is 19.7 Å². The number of benzene rings is 1. The van der Waals surface area contributed by atoms with Crippen LogP contribution < -0.4 is 5.32 Å². The maximum atomic E-state index is 12.2. The third-order valence-corrected chi connectivity index (χ3v) is 4.54. The van der Waals surface area contributed by atoms with Crippen molar-refractivity contribution in [1.29, 1.82) is 0 Å². The Bertz CT molecular complexity index is 619. The molecule has 7 nitrogen and oxygen atoms in total. The van der Waals surface area contributed by atoms with E-state index in [4.69, 9.17) is 5.11 Å². The lowest BCUT2D eigenvalue weighted by Crippen LogP contribution is -2.33. The molecule has 0 aliphatic heterocycles. The monoisotopic (exact) mass is 324 g/mol. The van der Waals surface area contributed by atoms with Crippen molar-refractivity contribution in [1.82, 2.24) is 5.32 Å². The number of carbonyl (C=O) groups excluding carboxylic acids is 1. The summed E-state index contributed by atoms with van der Waals surface area (Å²) in [5.41, 5.74) is 0.109. The van der Waals surface area contributed by atoms with Crippen LogP contribution in [0.5, 0.6) is 0 Å². The SMILES string of the molecule is CSc1ccc(C(=O)N[C@@H]2CC[C@H](C(=O)O)C2)cc1[N+](=O)[O-]. The number of nitro benzene ring substituents is 1. The van der Waals surface area contributed by atoms with Gasteiger partial charge in [0.25, 0.3) is 11.6 Å². The van der Waals surface area contributed by atoms with Gasteiger partial charge in [-0.05, 0) is 37.7 Å². The summed E-state index contributed by atoms with van der Waals surface area (Å²) < 4.78 is 0. The van der Waals surface area contributed by atoms with Crippen LogP contribution in [0.3, 0.4) is 0 Å². The van der Waals surface area contributed by atoms with E-state index in [1.54, 1.807) is 12.3 Å². The van der Waals surface area contributed by atoms with Crippen LogP contribution >= 0.6 is 11.8 Å². The molecule has 2 rings (SSSR count). The molecule has 1 fully saturated rings. The van der Waals surface area contributed by atoms with Gasteiger partial charge in [-0.15, -0.1) is 11.8 Å². The van der Waals surface area contributed by atoms with Crippen molar-refractivity contribution in [2.45, 2.75) is 30.2 Å². The maximum Gasteiger partial charge on any atom is 0.306 e. The molecule has 2 N–H and O–H groups in total. The molecule has 1 aliphatic rings. The molecule has 0 radical (unpaired) electrons. The average molecular weight is 324 g/mol. The lowest BCUT2D eigenvalue weighted by molar-refractivity contribution is -0.387. The van der Waals surface area contributed by atoms with E-state index in [0.717, 1.165) is 0 Å². The van der Waals surface area contributed by atoms with Gasteiger partial charge in [0, 0.05) is 17.7 Å². The summed E-state index contributed by atoms with van der Waals surface area (Å²) in [5.74, 6) is -1.69. The highest BCUT2D eigenvalue weighted by molar-refractivity contribution is 7.98.